The summed E-state index contributed by atoms with van der Waals surface area (Å²) in [6.45, 7) is 20.9. The number of hydrogen-bond donors (Lipinski definition) is 1. The van der Waals surface area contributed by atoms with Crippen LogP contribution in [0.4, 0.5) is 10.6 Å². The number of aromatic nitrogens is 3. The van der Waals surface area contributed by atoms with Crippen LogP contribution in [-0.2, 0) is 24.2 Å². The lowest BCUT2D eigenvalue weighted by atomic mass is 9.72. The Hall–Kier alpha value is -4.16. The number of aryl methyl sites for hydroxylation is 1. The molecule has 52 heavy (non-hydrogen) atoms. The number of anilines is 1. The van der Waals surface area contributed by atoms with E-state index in [9.17, 15) is 10.1 Å². The Morgan fingerprint density at radius 3 is 2.38 bits per heavy atom. The minimum Gasteiger partial charge on any atom is -0.444 e. The monoisotopic (exact) mass is 703 g/mol. The Balaban J connectivity index is 0.950. The van der Waals surface area contributed by atoms with Gasteiger partial charge >= 0.3 is 6.09 Å². The number of piperidine rings is 1. The molecule has 2 aromatic heterocycles. The van der Waals surface area contributed by atoms with Crippen molar-refractivity contribution in [3.05, 3.63) is 65.1 Å². The van der Waals surface area contributed by atoms with Crippen LogP contribution in [0.1, 0.15) is 102 Å². The molecule has 1 saturated carbocycles. The van der Waals surface area contributed by atoms with Gasteiger partial charge in [-0.15, -0.1) is 0 Å². The second-order valence-electron chi connectivity index (χ2n) is 18.3. The number of benzene rings is 2. The highest BCUT2D eigenvalue weighted by Crippen LogP contribution is 2.44. The van der Waals surface area contributed by atoms with Gasteiger partial charge in [-0.05, 0) is 138 Å². The van der Waals surface area contributed by atoms with Crippen molar-refractivity contribution in [2.24, 2.45) is 16.7 Å². The molecule has 3 fully saturated rings. The average molecular weight is 704 g/mol. The smallest absolute Gasteiger partial charge is 0.407 e. The van der Waals surface area contributed by atoms with Crippen LogP contribution in [0.25, 0.3) is 21.8 Å². The summed E-state index contributed by atoms with van der Waals surface area (Å²) >= 11 is 0. The quantitative estimate of drug-likeness (QED) is 0.206. The maximum absolute atomic E-state index is 12.3. The molecule has 2 aromatic carbocycles. The molecule has 9 heteroatoms. The van der Waals surface area contributed by atoms with Gasteiger partial charge in [-0.25, -0.2) is 14.8 Å². The first kappa shape index (κ1) is 36.2. The number of nitriles is 1. The Labute approximate surface area is 309 Å². The van der Waals surface area contributed by atoms with Gasteiger partial charge in [-0.1, -0.05) is 32.9 Å². The molecule has 1 aliphatic carbocycles. The first-order valence-electron chi connectivity index (χ1n) is 19.4. The predicted octanol–water partition coefficient (Wildman–Crippen LogP) is 8.54. The van der Waals surface area contributed by atoms with Crippen molar-refractivity contribution in [2.75, 3.05) is 31.1 Å². The number of fused-ring (bicyclic) bond motifs is 2. The van der Waals surface area contributed by atoms with Crippen LogP contribution in [0.3, 0.4) is 0 Å². The lowest BCUT2D eigenvalue weighted by Crippen LogP contribution is -2.60. The van der Waals surface area contributed by atoms with E-state index in [1.165, 1.54) is 40.3 Å². The number of nitrogens with one attached hydrogen (secondary N) is 1. The number of rotatable bonds is 7. The van der Waals surface area contributed by atoms with Crippen LogP contribution < -0.4 is 10.2 Å². The molecular formula is C43H57N7O2. The second-order valence-corrected chi connectivity index (χ2v) is 18.3. The van der Waals surface area contributed by atoms with Gasteiger partial charge in [0.15, 0.2) is 0 Å². The summed E-state index contributed by atoms with van der Waals surface area (Å²) in [7, 11) is 0. The minimum atomic E-state index is -0.496. The van der Waals surface area contributed by atoms with E-state index in [0.717, 1.165) is 93.9 Å². The van der Waals surface area contributed by atoms with E-state index in [-0.39, 0.29) is 17.6 Å². The van der Waals surface area contributed by atoms with E-state index in [4.69, 9.17) is 9.72 Å². The lowest BCUT2D eigenvalue weighted by Gasteiger charge is -2.54. The average Bonchev–Trinajstić information content (AvgIpc) is 3.42. The molecule has 4 heterocycles. The molecule has 1 spiro atoms. The topological polar surface area (TPSA) is 99.3 Å². The van der Waals surface area contributed by atoms with Crippen LogP contribution in [-0.4, -0.2) is 63.4 Å². The zero-order valence-corrected chi connectivity index (χ0v) is 32.4. The van der Waals surface area contributed by atoms with Crippen molar-refractivity contribution in [1.82, 2.24) is 24.8 Å². The first-order chi connectivity index (χ1) is 24.7. The van der Waals surface area contributed by atoms with Crippen molar-refractivity contribution in [3.8, 4) is 6.07 Å². The highest BCUT2D eigenvalue weighted by molar-refractivity contribution is 5.90. The van der Waals surface area contributed by atoms with Gasteiger partial charge in [0.2, 0.25) is 0 Å². The van der Waals surface area contributed by atoms with Gasteiger partial charge in [0.05, 0.1) is 5.52 Å². The van der Waals surface area contributed by atoms with Crippen molar-refractivity contribution < 1.29 is 9.53 Å². The van der Waals surface area contributed by atoms with E-state index in [1.54, 1.807) is 6.33 Å². The van der Waals surface area contributed by atoms with Gasteiger partial charge in [0.1, 0.15) is 29.5 Å². The Kier molecular flexibility index (Phi) is 9.75. The third-order valence-corrected chi connectivity index (χ3v) is 11.7. The summed E-state index contributed by atoms with van der Waals surface area (Å²) in [5.41, 5.74) is 7.01. The molecule has 2 aliphatic heterocycles. The molecule has 276 valence electrons. The number of amides is 1. The maximum Gasteiger partial charge on any atom is 0.407 e. The van der Waals surface area contributed by atoms with Crippen LogP contribution in [0.2, 0.25) is 0 Å². The zero-order chi connectivity index (χ0) is 36.8. The SMILES string of the molecule is Cc1c(CN2CCC3(CC2)CN(c2ncnc4ccc(CC(C)(C)C)cc24)C3)ccc2c1cc(C#N)n2C[C@H]1CC[C@H](NC(=O)OC(C)(C)C)CC1. The summed E-state index contributed by atoms with van der Waals surface area (Å²) in [4.78, 5) is 26.7. The fourth-order valence-corrected chi connectivity index (χ4v) is 8.92. The van der Waals surface area contributed by atoms with Crippen molar-refractivity contribution >= 4 is 33.7 Å². The highest BCUT2D eigenvalue weighted by atomic mass is 16.6. The standard InChI is InChI=1S/C43H57N7O2/c1-29-32(11-15-38-35(29)21-34(23-44)50(38)24-30-8-12-33(13-9-30)47-40(51)52-42(5,6)7)25-48-18-16-43(17-19-48)26-49(27-43)39-36-20-31(22-41(2,3)4)10-14-37(36)45-28-46-39/h10-11,14-15,20-21,28,30,33H,8-9,12-13,16-19,22,24-27H2,1-7H3,(H,47,51)/t30-,33-. The van der Waals surface area contributed by atoms with E-state index < -0.39 is 5.60 Å². The largest absolute Gasteiger partial charge is 0.444 e. The van der Waals surface area contributed by atoms with Crippen molar-refractivity contribution in [2.45, 2.75) is 118 Å². The van der Waals surface area contributed by atoms with Gasteiger partial charge in [-0.2, -0.15) is 5.26 Å². The molecule has 0 bridgehead atoms. The molecule has 4 aromatic rings. The Morgan fingerprint density at radius 2 is 1.71 bits per heavy atom. The lowest BCUT2D eigenvalue weighted by molar-refractivity contribution is 0.0486. The van der Waals surface area contributed by atoms with Gasteiger partial charge in [0.25, 0.3) is 0 Å². The summed E-state index contributed by atoms with van der Waals surface area (Å²) in [5, 5.41) is 15.6. The number of hydrogen-bond acceptors (Lipinski definition) is 7. The summed E-state index contributed by atoms with van der Waals surface area (Å²) < 4.78 is 7.70. The molecular weight excluding hydrogens is 647 g/mol. The normalized spacial score (nSPS) is 20.9. The van der Waals surface area contributed by atoms with E-state index in [0.29, 0.717) is 11.3 Å². The van der Waals surface area contributed by atoms with Crippen LogP contribution in [0.5, 0.6) is 0 Å². The summed E-state index contributed by atoms with van der Waals surface area (Å²) in [6, 6.07) is 16.0. The fraction of sp³-hybridized carbons (Fsp3) is 0.581. The molecule has 1 N–H and O–H groups in total. The molecule has 0 unspecified atom stereocenters. The Bertz CT molecular complexity index is 1970. The van der Waals surface area contributed by atoms with E-state index in [1.807, 2.05) is 20.8 Å². The third-order valence-electron chi connectivity index (χ3n) is 11.7. The maximum atomic E-state index is 12.3. The highest BCUT2D eigenvalue weighted by Gasteiger charge is 2.45. The predicted molar refractivity (Wildman–Crippen MR) is 208 cm³/mol. The van der Waals surface area contributed by atoms with Crippen LogP contribution >= 0.6 is 0 Å². The first-order valence-corrected chi connectivity index (χ1v) is 19.4. The van der Waals surface area contributed by atoms with E-state index in [2.05, 4.69) is 94.8 Å². The molecule has 9 nitrogen and oxygen atoms in total. The van der Waals surface area contributed by atoms with Gasteiger partial charge in [-0.3, -0.25) is 4.90 Å². The van der Waals surface area contributed by atoms with Gasteiger partial charge in [0, 0.05) is 53.9 Å². The van der Waals surface area contributed by atoms with Crippen molar-refractivity contribution in [3.63, 3.8) is 0 Å². The van der Waals surface area contributed by atoms with Crippen LogP contribution in [0.15, 0.2) is 42.7 Å². The Morgan fingerprint density at radius 1 is 0.981 bits per heavy atom. The fourth-order valence-electron chi connectivity index (χ4n) is 8.92. The molecule has 0 atom stereocenters. The number of carbonyl (C=O) groups is 1. The summed E-state index contributed by atoms with van der Waals surface area (Å²) in [5.74, 6) is 1.56. The number of likely N-dealkylation sites (tertiary alicyclic amines) is 1. The summed E-state index contributed by atoms with van der Waals surface area (Å²) in [6.07, 6.45) is 8.73. The number of ether oxygens (including phenoxy) is 1. The van der Waals surface area contributed by atoms with Crippen molar-refractivity contribution in [1.29, 1.82) is 5.26 Å². The molecule has 3 aliphatic rings. The molecule has 7 rings (SSSR count). The van der Waals surface area contributed by atoms with Crippen LogP contribution in [0, 0.1) is 35.0 Å². The molecule has 1 amide bonds. The number of alkyl carbamates (subject to hydrolysis) is 1. The number of nitrogens with zero attached hydrogens (tertiary/aromatic N) is 6. The minimum absolute atomic E-state index is 0.145. The molecule has 0 radical (unpaired) electrons. The zero-order valence-electron chi connectivity index (χ0n) is 32.4. The van der Waals surface area contributed by atoms with E-state index >= 15 is 0 Å². The van der Waals surface area contributed by atoms with Gasteiger partial charge < -0.3 is 19.5 Å². The number of carbonyl (C=O) groups excluding carboxylic acids is 1. The molecule has 2 saturated heterocycles. The third kappa shape index (κ3) is 7.93. The second kappa shape index (κ2) is 14.0.